The van der Waals surface area contributed by atoms with Crippen LogP contribution < -0.4 is 9.47 Å². The van der Waals surface area contributed by atoms with Gasteiger partial charge < -0.3 is 19.3 Å². The molecule has 1 aromatic rings. The molecule has 0 saturated heterocycles. The number of benzene rings is 1. The first-order chi connectivity index (χ1) is 8.84. The highest BCUT2D eigenvalue weighted by Crippen LogP contribution is 2.35. The van der Waals surface area contributed by atoms with E-state index in [9.17, 15) is 5.11 Å². The minimum absolute atomic E-state index is 0.629. The van der Waals surface area contributed by atoms with Gasteiger partial charge in [0.1, 0.15) is 11.9 Å². The largest absolute Gasteiger partial charge is 0.495 e. The van der Waals surface area contributed by atoms with Gasteiger partial charge in [-0.15, -0.1) is 0 Å². The molecule has 2 aliphatic heterocycles. The summed E-state index contributed by atoms with van der Waals surface area (Å²) in [6.45, 7) is 1.96. The van der Waals surface area contributed by atoms with Gasteiger partial charge in [-0.1, -0.05) is 6.07 Å². The van der Waals surface area contributed by atoms with Crippen LogP contribution in [-0.2, 0) is 4.74 Å². The van der Waals surface area contributed by atoms with E-state index in [0.717, 1.165) is 24.2 Å². The van der Waals surface area contributed by atoms with Gasteiger partial charge in [-0.05, 0) is 23.8 Å². The third-order valence-corrected chi connectivity index (χ3v) is 3.09. The van der Waals surface area contributed by atoms with Crippen molar-refractivity contribution in [1.29, 1.82) is 0 Å². The number of fused-ring (bicyclic) bond motifs is 1. The van der Waals surface area contributed by atoms with Gasteiger partial charge >= 0.3 is 0 Å². The molecule has 0 amide bonds. The van der Waals surface area contributed by atoms with Gasteiger partial charge in [-0.2, -0.15) is 0 Å². The molecule has 1 atom stereocenters. The molecule has 1 N–H and O–H groups in total. The fourth-order valence-corrected chi connectivity index (χ4v) is 2.14. The lowest BCUT2D eigenvalue weighted by atomic mass is 10.1. The summed E-state index contributed by atoms with van der Waals surface area (Å²) in [7, 11) is 0. The van der Waals surface area contributed by atoms with E-state index >= 15 is 0 Å². The molecule has 96 valence electrons. The topological polar surface area (TPSA) is 47.9 Å². The molecule has 2 aliphatic rings. The Morgan fingerprint density at radius 3 is 2.61 bits per heavy atom. The molecule has 0 bridgehead atoms. The Morgan fingerprint density at radius 1 is 1.00 bits per heavy atom. The van der Waals surface area contributed by atoms with Gasteiger partial charge in [0, 0.05) is 12.8 Å². The van der Waals surface area contributed by atoms with Gasteiger partial charge in [0.2, 0.25) is 0 Å². The minimum atomic E-state index is -0.718. The molecule has 0 saturated carbocycles. The van der Waals surface area contributed by atoms with E-state index in [2.05, 4.69) is 0 Å². The van der Waals surface area contributed by atoms with Crippen molar-refractivity contribution >= 4 is 0 Å². The van der Waals surface area contributed by atoms with E-state index in [4.69, 9.17) is 14.2 Å². The summed E-state index contributed by atoms with van der Waals surface area (Å²) in [5.74, 6) is 2.07. The lowest BCUT2D eigenvalue weighted by Gasteiger charge is -2.15. The van der Waals surface area contributed by atoms with Crippen LogP contribution in [0.15, 0.2) is 30.0 Å². The number of hydrogen-bond acceptors (Lipinski definition) is 4. The van der Waals surface area contributed by atoms with E-state index < -0.39 is 6.10 Å². The molecular weight excluding hydrogens is 232 g/mol. The summed E-state index contributed by atoms with van der Waals surface area (Å²) in [6.07, 6.45) is 2.94. The van der Waals surface area contributed by atoms with Crippen LogP contribution in [0.4, 0.5) is 0 Å². The highest BCUT2D eigenvalue weighted by Gasteiger charge is 2.20. The van der Waals surface area contributed by atoms with Crippen molar-refractivity contribution in [1.82, 2.24) is 0 Å². The fraction of sp³-hybridized carbons (Fsp3) is 0.429. The SMILES string of the molecule is OC(C1=CCCO1)c1ccc2c(c1)OCCCO2. The van der Waals surface area contributed by atoms with Gasteiger partial charge in [0.05, 0.1) is 19.8 Å². The van der Waals surface area contributed by atoms with Gasteiger partial charge in [-0.3, -0.25) is 0 Å². The minimum Gasteiger partial charge on any atom is -0.495 e. The second kappa shape index (κ2) is 4.90. The van der Waals surface area contributed by atoms with Crippen LogP contribution in [0.3, 0.4) is 0 Å². The summed E-state index contributed by atoms with van der Waals surface area (Å²) < 4.78 is 16.5. The van der Waals surface area contributed by atoms with E-state index in [0.29, 0.717) is 31.3 Å². The van der Waals surface area contributed by atoms with Gasteiger partial charge in [-0.25, -0.2) is 0 Å². The quantitative estimate of drug-likeness (QED) is 0.871. The Kier molecular flexibility index (Phi) is 3.11. The van der Waals surface area contributed by atoms with Crippen LogP contribution in [0.2, 0.25) is 0 Å². The summed E-state index contributed by atoms with van der Waals surface area (Å²) in [5.41, 5.74) is 0.771. The molecule has 4 heteroatoms. The molecule has 1 aromatic carbocycles. The number of rotatable bonds is 2. The number of hydrogen-bond donors (Lipinski definition) is 1. The maximum absolute atomic E-state index is 10.2. The Balaban J connectivity index is 1.86. The van der Waals surface area contributed by atoms with Crippen molar-refractivity contribution in [2.45, 2.75) is 18.9 Å². The normalized spacial score (nSPS) is 19.7. The van der Waals surface area contributed by atoms with E-state index in [1.54, 1.807) is 0 Å². The third-order valence-electron chi connectivity index (χ3n) is 3.09. The van der Waals surface area contributed by atoms with Crippen LogP contribution in [-0.4, -0.2) is 24.9 Å². The van der Waals surface area contributed by atoms with Crippen LogP contribution in [0, 0.1) is 0 Å². The highest BCUT2D eigenvalue weighted by atomic mass is 16.5. The average Bonchev–Trinajstić information content (AvgIpc) is 2.83. The Bertz CT molecular complexity index is 467. The predicted octanol–water partition coefficient (Wildman–Crippen LogP) is 2.19. The molecule has 0 aromatic heterocycles. The summed E-state index contributed by atoms with van der Waals surface area (Å²) >= 11 is 0. The molecule has 2 heterocycles. The summed E-state index contributed by atoms with van der Waals surface area (Å²) in [4.78, 5) is 0. The number of ether oxygens (including phenoxy) is 3. The first-order valence-corrected chi connectivity index (χ1v) is 6.25. The third kappa shape index (κ3) is 2.16. The number of aliphatic hydroxyl groups excluding tert-OH is 1. The van der Waals surface area contributed by atoms with Crippen molar-refractivity contribution in [3.8, 4) is 11.5 Å². The fourth-order valence-electron chi connectivity index (χ4n) is 2.14. The zero-order valence-corrected chi connectivity index (χ0v) is 10.1. The zero-order chi connectivity index (χ0) is 12.4. The van der Waals surface area contributed by atoms with Crippen molar-refractivity contribution in [3.63, 3.8) is 0 Å². The smallest absolute Gasteiger partial charge is 0.161 e. The van der Waals surface area contributed by atoms with Crippen LogP contribution >= 0.6 is 0 Å². The lowest BCUT2D eigenvalue weighted by Crippen LogP contribution is -2.03. The van der Waals surface area contributed by atoms with E-state index in [-0.39, 0.29) is 0 Å². The average molecular weight is 248 g/mol. The predicted molar refractivity (Wildman–Crippen MR) is 65.7 cm³/mol. The standard InChI is InChI=1S/C14H16O4/c15-14(12-3-1-6-17-12)10-4-5-11-13(9-10)18-8-2-7-16-11/h3-5,9,14-15H,1-2,6-8H2. The number of aliphatic hydroxyl groups is 1. The molecular formula is C14H16O4. The Hall–Kier alpha value is -1.68. The second-order valence-corrected chi connectivity index (χ2v) is 4.40. The highest BCUT2D eigenvalue weighted by molar-refractivity contribution is 5.45. The van der Waals surface area contributed by atoms with E-state index in [1.165, 1.54) is 0 Å². The van der Waals surface area contributed by atoms with Crippen molar-refractivity contribution < 1.29 is 19.3 Å². The first-order valence-electron chi connectivity index (χ1n) is 6.25. The second-order valence-electron chi connectivity index (χ2n) is 4.40. The first kappa shape index (κ1) is 11.4. The Labute approximate surface area is 106 Å². The molecule has 0 aliphatic carbocycles. The molecule has 3 rings (SSSR count). The zero-order valence-electron chi connectivity index (χ0n) is 10.1. The van der Waals surface area contributed by atoms with Crippen LogP contribution in [0.5, 0.6) is 11.5 Å². The molecule has 1 unspecified atom stereocenters. The maximum atomic E-state index is 10.2. The molecule has 0 spiro atoms. The lowest BCUT2D eigenvalue weighted by molar-refractivity contribution is 0.118. The van der Waals surface area contributed by atoms with Crippen LogP contribution in [0.1, 0.15) is 24.5 Å². The van der Waals surface area contributed by atoms with Gasteiger partial charge in [0.25, 0.3) is 0 Å². The van der Waals surface area contributed by atoms with Crippen LogP contribution in [0.25, 0.3) is 0 Å². The monoisotopic (exact) mass is 248 g/mol. The molecule has 18 heavy (non-hydrogen) atoms. The molecule has 0 fully saturated rings. The summed E-state index contributed by atoms with van der Waals surface area (Å²) in [5, 5.41) is 10.2. The van der Waals surface area contributed by atoms with Gasteiger partial charge in [0.15, 0.2) is 11.5 Å². The summed E-state index contributed by atoms with van der Waals surface area (Å²) in [6, 6.07) is 5.52. The maximum Gasteiger partial charge on any atom is 0.161 e. The van der Waals surface area contributed by atoms with E-state index in [1.807, 2.05) is 24.3 Å². The molecule has 4 nitrogen and oxygen atoms in total. The van der Waals surface area contributed by atoms with Crippen molar-refractivity contribution in [2.24, 2.45) is 0 Å². The van der Waals surface area contributed by atoms with Crippen molar-refractivity contribution in [2.75, 3.05) is 19.8 Å². The molecule has 0 radical (unpaired) electrons. The Morgan fingerprint density at radius 2 is 1.83 bits per heavy atom. The van der Waals surface area contributed by atoms with Crippen molar-refractivity contribution in [3.05, 3.63) is 35.6 Å².